The number of aromatic nitrogens is 2. The van der Waals surface area contributed by atoms with E-state index in [1.54, 1.807) is 17.0 Å². The van der Waals surface area contributed by atoms with E-state index in [1.165, 1.54) is 6.26 Å². The fraction of sp³-hybridized carbons (Fsp3) is 0.556. The Balaban J connectivity index is 1.70. The van der Waals surface area contributed by atoms with Gasteiger partial charge in [-0.3, -0.25) is 4.79 Å². The van der Waals surface area contributed by atoms with Gasteiger partial charge in [0.25, 0.3) is 5.91 Å². The molecule has 0 unspecified atom stereocenters. The predicted octanol–water partition coefficient (Wildman–Crippen LogP) is 4.81. The Hall–Kier alpha value is -2.16. The zero-order chi connectivity index (χ0) is 19.9. The average Bonchev–Trinajstić information content (AvgIpc) is 3.20. The number of amides is 1. The molecule has 28 heavy (non-hydrogen) atoms. The minimum absolute atomic E-state index is 0.00480. The molecule has 1 saturated heterocycles. The van der Waals surface area contributed by atoms with Crippen LogP contribution in [0.15, 0.2) is 22.8 Å². The SMILES string of the molecule is O=C(c1nn2c(c1Cl)N[C@H](c1ccco1)C[C@@H]2C(F)(F)F)N1CCCCCC1. The third-order valence-corrected chi connectivity index (χ3v) is 5.64. The maximum absolute atomic E-state index is 13.7. The molecule has 1 fully saturated rings. The molecular weight excluding hydrogens is 397 g/mol. The van der Waals surface area contributed by atoms with Gasteiger partial charge < -0.3 is 14.6 Å². The summed E-state index contributed by atoms with van der Waals surface area (Å²) in [6.45, 7) is 1.12. The third-order valence-electron chi connectivity index (χ3n) is 5.28. The Morgan fingerprint density at radius 3 is 2.57 bits per heavy atom. The van der Waals surface area contributed by atoms with Gasteiger partial charge in [0, 0.05) is 19.5 Å². The third kappa shape index (κ3) is 3.47. The van der Waals surface area contributed by atoms with E-state index in [9.17, 15) is 18.0 Å². The molecule has 2 aliphatic heterocycles. The average molecular weight is 417 g/mol. The van der Waals surface area contributed by atoms with Gasteiger partial charge in [-0.25, -0.2) is 4.68 Å². The van der Waals surface area contributed by atoms with Crippen LogP contribution in [0.4, 0.5) is 19.0 Å². The topological polar surface area (TPSA) is 63.3 Å². The van der Waals surface area contributed by atoms with Gasteiger partial charge in [0.1, 0.15) is 16.6 Å². The Kier molecular flexibility index (Phi) is 5.03. The molecule has 2 aromatic rings. The number of rotatable bonds is 2. The molecule has 6 nitrogen and oxygen atoms in total. The van der Waals surface area contributed by atoms with Crippen LogP contribution in [0.5, 0.6) is 0 Å². The summed E-state index contributed by atoms with van der Waals surface area (Å²) in [5, 5.41) is 6.88. The highest BCUT2D eigenvalue weighted by Gasteiger charge is 2.48. The number of carbonyl (C=O) groups is 1. The molecule has 0 bridgehead atoms. The van der Waals surface area contributed by atoms with Gasteiger partial charge in [-0.1, -0.05) is 24.4 Å². The van der Waals surface area contributed by atoms with Crippen molar-refractivity contribution in [2.75, 3.05) is 18.4 Å². The molecule has 0 spiro atoms. The van der Waals surface area contributed by atoms with E-state index in [0.717, 1.165) is 30.4 Å². The van der Waals surface area contributed by atoms with Crippen molar-refractivity contribution in [3.8, 4) is 0 Å². The van der Waals surface area contributed by atoms with E-state index >= 15 is 0 Å². The van der Waals surface area contributed by atoms with Crippen LogP contribution in [0.25, 0.3) is 0 Å². The van der Waals surface area contributed by atoms with Crippen molar-refractivity contribution in [1.29, 1.82) is 0 Å². The monoisotopic (exact) mass is 416 g/mol. The molecule has 2 aromatic heterocycles. The maximum Gasteiger partial charge on any atom is 0.410 e. The van der Waals surface area contributed by atoms with E-state index in [4.69, 9.17) is 16.0 Å². The van der Waals surface area contributed by atoms with Crippen molar-refractivity contribution in [3.63, 3.8) is 0 Å². The highest BCUT2D eigenvalue weighted by atomic mass is 35.5. The van der Waals surface area contributed by atoms with Gasteiger partial charge in [-0.05, 0) is 25.0 Å². The number of nitrogens with one attached hydrogen (secondary N) is 1. The van der Waals surface area contributed by atoms with E-state index < -0.39 is 24.2 Å². The highest BCUT2D eigenvalue weighted by Crippen LogP contribution is 2.46. The van der Waals surface area contributed by atoms with Crippen LogP contribution in [0, 0.1) is 0 Å². The van der Waals surface area contributed by atoms with Crippen LogP contribution in [-0.2, 0) is 0 Å². The van der Waals surface area contributed by atoms with Crippen molar-refractivity contribution in [1.82, 2.24) is 14.7 Å². The molecule has 1 N–H and O–H groups in total. The number of anilines is 1. The quantitative estimate of drug-likeness (QED) is 0.763. The summed E-state index contributed by atoms with van der Waals surface area (Å²) in [4.78, 5) is 14.5. The van der Waals surface area contributed by atoms with Crippen LogP contribution in [-0.4, -0.2) is 39.9 Å². The lowest BCUT2D eigenvalue weighted by molar-refractivity contribution is -0.174. The molecule has 10 heteroatoms. The van der Waals surface area contributed by atoms with Crippen LogP contribution >= 0.6 is 11.6 Å². The number of likely N-dealkylation sites (tertiary alicyclic amines) is 1. The lowest BCUT2D eigenvalue weighted by atomic mass is 10.0. The Morgan fingerprint density at radius 1 is 1.25 bits per heavy atom. The predicted molar refractivity (Wildman–Crippen MR) is 96.4 cm³/mol. The minimum Gasteiger partial charge on any atom is -0.467 e. The number of alkyl halides is 3. The van der Waals surface area contributed by atoms with Gasteiger partial charge in [-0.2, -0.15) is 18.3 Å². The summed E-state index contributed by atoms with van der Waals surface area (Å²) in [6.07, 6.45) is 0.335. The van der Waals surface area contributed by atoms with E-state index in [1.807, 2.05) is 0 Å². The van der Waals surface area contributed by atoms with Gasteiger partial charge in [0.05, 0.1) is 12.3 Å². The largest absolute Gasteiger partial charge is 0.467 e. The van der Waals surface area contributed by atoms with E-state index in [-0.39, 0.29) is 23.0 Å². The van der Waals surface area contributed by atoms with Crippen molar-refractivity contribution < 1.29 is 22.4 Å². The van der Waals surface area contributed by atoms with Crippen molar-refractivity contribution >= 4 is 23.3 Å². The molecule has 4 heterocycles. The fourth-order valence-corrected chi connectivity index (χ4v) is 4.09. The molecule has 152 valence electrons. The standard InChI is InChI=1S/C18H20ClF3N4O2/c19-14-15(17(27)25-7-3-1-2-4-8-25)24-26-13(18(20,21)22)10-11(23-16(14)26)12-6-5-9-28-12/h5-6,9,11,13,23H,1-4,7-8,10H2/t11-,13+/m0/s1. The second-order valence-electron chi connectivity index (χ2n) is 7.17. The van der Waals surface area contributed by atoms with Crippen LogP contribution in [0.3, 0.4) is 0 Å². The Labute approximate surface area is 164 Å². The van der Waals surface area contributed by atoms with Gasteiger partial charge >= 0.3 is 6.18 Å². The molecule has 0 aliphatic carbocycles. The number of hydrogen-bond acceptors (Lipinski definition) is 4. The first kappa shape index (κ1) is 19.2. The van der Waals surface area contributed by atoms with E-state index in [2.05, 4.69) is 10.4 Å². The van der Waals surface area contributed by atoms with E-state index in [0.29, 0.717) is 18.8 Å². The number of hydrogen-bond donors (Lipinski definition) is 1. The summed E-state index contributed by atoms with van der Waals surface area (Å²) < 4.78 is 47.3. The maximum atomic E-state index is 13.7. The zero-order valence-electron chi connectivity index (χ0n) is 15.0. The minimum atomic E-state index is -4.54. The number of furan rings is 1. The van der Waals surface area contributed by atoms with Crippen LogP contribution < -0.4 is 5.32 Å². The highest BCUT2D eigenvalue weighted by molar-refractivity contribution is 6.36. The van der Waals surface area contributed by atoms with Crippen LogP contribution in [0.2, 0.25) is 5.02 Å². The summed E-state index contributed by atoms with van der Waals surface area (Å²) in [7, 11) is 0. The van der Waals surface area contributed by atoms with Crippen molar-refractivity contribution in [2.45, 2.75) is 50.4 Å². The summed E-state index contributed by atoms with van der Waals surface area (Å²) in [6, 6.07) is 0.599. The van der Waals surface area contributed by atoms with Gasteiger partial charge in [-0.15, -0.1) is 0 Å². The second-order valence-corrected chi connectivity index (χ2v) is 7.55. The molecule has 1 amide bonds. The van der Waals surface area contributed by atoms with Crippen molar-refractivity contribution in [2.24, 2.45) is 0 Å². The fourth-order valence-electron chi connectivity index (χ4n) is 3.83. The second kappa shape index (κ2) is 7.35. The molecule has 0 saturated carbocycles. The number of fused-ring (bicyclic) bond motifs is 1. The Bertz CT molecular complexity index is 842. The zero-order valence-corrected chi connectivity index (χ0v) is 15.8. The smallest absolute Gasteiger partial charge is 0.410 e. The summed E-state index contributed by atoms with van der Waals surface area (Å²) in [5.74, 6) is -0.0564. The van der Waals surface area contributed by atoms with Gasteiger partial charge in [0.15, 0.2) is 11.7 Å². The Morgan fingerprint density at radius 2 is 1.96 bits per heavy atom. The van der Waals surface area contributed by atoms with Gasteiger partial charge in [0.2, 0.25) is 0 Å². The molecular formula is C18H20ClF3N4O2. The first-order chi connectivity index (χ1) is 13.4. The summed E-state index contributed by atoms with van der Waals surface area (Å²) >= 11 is 6.35. The first-order valence-electron chi connectivity index (χ1n) is 9.30. The molecule has 2 aliphatic rings. The molecule has 0 radical (unpaired) electrons. The number of nitrogens with zero attached hydrogens (tertiary/aromatic N) is 3. The molecule has 4 rings (SSSR count). The number of halogens is 4. The lowest BCUT2D eigenvalue weighted by Gasteiger charge is -2.32. The molecule has 0 aromatic carbocycles. The normalized spacial score (nSPS) is 23.1. The first-order valence-corrected chi connectivity index (χ1v) is 9.68. The summed E-state index contributed by atoms with van der Waals surface area (Å²) in [5.41, 5.74) is -0.139. The number of carbonyl (C=O) groups excluding carboxylic acids is 1. The van der Waals surface area contributed by atoms with Crippen molar-refractivity contribution in [3.05, 3.63) is 34.9 Å². The van der Waals surface area contributed by atoms with Crippen LogP contribution in [0.1, 0.15) is 60.4 Å². The molecule has 2 atom stereocenters. The lowest BCUT2D eigenvalue weighted by Crippen LogP contribution is -2.36.